The number of hydrogen-bond acceptors (Lipinski definition) is 3. The Morgan fingerprint density at radius 1 is 1.37 bits per heavy atom. The minimum Gasteiger partial charge on any atom is -0.496 e. The second kappa shape index (κ2) is 6.39. The maximum absolute atomic E-state index is 12.1. The van der Waals surface area contributed by atoms with Crippen LogP contribution in [0.1, 0.15) is 25.7 Å². The SMILES string of the molecule is COc1ccc(NC(=O)C2CCC(N)CC2)cc1Br. The molecule has 104 valence electrons. The molecule has 0 aromatic heterocycles. The second-order valence-electron chi connectivity index (χ2n) is 4.95. The van der Waals surface area contributed by atoms with Gasteiger partial charge in [0, 0.05) is 17.6 Å². The van der Waals surface area contributed by atoms with Gasteiger partial charge in [-0.05, 0) is 59.8 Å². The summed E-state index contributed by atoms with van der Waals surface area (Å²) in [5, 5.41) is 2.95. The molecular weight excluding hydrogens is 308 g/mol. The summed E-state index contributed by atoms with van der Waals surface area (Å²) in [6.07, 6.45) is 3.63. The van der Waals surface area contributed by atoms with E-state index < -0.39 is 0 Å². The van der Waals surface area contributed by atoms with Crippen molar-refractivity contribution < 1.29 is 9.53 Å². The number of carbonyl (C=O) groups excluding carboxylic acids is 1. The molecule has 19 heavy (non-hydrogen) atoms. The summed E-state index contributed by atoms with van der Waals surface area (Å²) in [7, 11) is 1.61. The summed E-state index contributed by atoms with van der Waals surface area (Å²) >= 11 is 3.41. The van der Waals surface area contributed by atoms with Crippen LogP contribution >= 0.6 is 15.9 Å². The number of halogens is 1. The van der Waals surface area contributed by atoms with Crippen LogP contribution in [0.5, 0.6) is 5.75 Å². The largest absolute Gasteiger partial charge is 0.496 e. The summed E-state index contributed by atoms with van der Waals surface area (Å²) in [6.45, 7) is 0. The highest BCUT2D eigenvalue weighted by atomic mass is 79.9. The smallest absolute Gasteiger partial charge is 0.227 e. The molecule has 1 saturated carbocycles. The van der Waals surface area contributed by atoms with Crippen molar-refractivity contribution in [1.82, 2.24) is 0 Å². The fraction of sp³-hybridized carbons (Fsp3) is 0.500. The molecule has 1 fully saturated rings. The average Bonchev–Trinajstić information content (AvgIpc) is 2.39. The zero-order chi connectivity index (χ0) is 13.8. The van der Waals surface area contributed by atoms with Gasteiger partial charge in [-0.25, -0.2) is 0 Å². The molecular formula is C14H19BrN2O2. The Labute approximate surface area is 121 Å². The van der Waals surface area contributed by atoms with E-state index in [2.05, 4.69) is 21.2 Å². The topological polar surface area (TPSA) is 64.3 Å². The summed E-state index contributed by atoms with van der Waals surface area (Å²) in [6, 6.07) is 5.79. The Kier molecular flexibility index (Phi) is 4.82. The van der Waals surface area contributed by atoms with Gasteiger partial charge < -0.3 is 15.8 Å². The molecule has 2 rings (SSSR count). The van der Waals surface area contributed by atoms with Gasteiger partial charge in [0.05, 0.1) is 11.6 Å². The number of anilines is 1. The van der Waals surface area contributed by atoms with Crippen LogP contribution < -0.4 is 15.8 Å². The van der Waals surface area contributed by atoms with E-state index in [0.717, 1.165) is 41.6 Å². The molecule has 0 saturated heterocycles. The molecule has 1 amide bonds. The number of benzene rings is 1. The van der Waals surface area contributed by atoms with Crippen LogP contribution in [0.25, 0.3) is 0 Å². The Morgan fingerprint density at radius 2 is 2.05 bits per heavy atom. The van der Waals surface area contributed by atoms with Crippen molar-refractivity contribution in [3.05, 3.63) is 22.7 Å². The maximum atomic E-state index is 12.1. The quantitative estimate of drug-likeness (QED) is 0.897. The van der Waals surface area contributed by atoms with Gasteiger partial charge in [0.2, 0.25) is 5.91 Å². The lowest BCUT2D eigenvalue weighted by Crippen LogP contribution is -2.32. The van der Waals surface area contributed by atoms with E-state index in [1.165, 1.54) is 0 Å². The van der Waals surface area contributed by atoms with E-state index in [-0.39, 0.29) is 17.9 Å². The van der Waals surface area contributed by atoms with Crippen LogP contribution in [-0.4, -0.2) is 19.1 Å². The lowest BCUT2D eigenvalue weighted by molar-refractivity contribution is -0.120. The van der Waals surface area contributed by atoms with Gasteiger partial charge >= 0.3 is 0 Å². The first-order valence-electron chi connectivity index (χ1n) is 6.50. The van der Waals surface area contributed by atoms with Gasteiger partial charge in [-0.3, -0.25) is 4.79 Å². The molecule has 0 unspecified atom stereocenters. The number of nitrogens with two attached hydrogens (primary N) is 1. The van der Waals surface area contributed by atoms with Gasteiger partial charge in [0.15, 0.2) is 0 Å². The van der Waals surface area contributed by atoms with E-state index >= 15 is 0 Å². The van der Waals surface area contributed by atoms with E-state index in [0.29, 0.717) is 0 Å². The first-order valence-corrected chi connectivity index (χ1v) is 7.29. The van der Waals surface area contributed by atoms with Crippen molar-refractivity contribution in [1.29, 1.82) is 0 Å². The number of rotatable bonds is 3. The zero-order valence-corrected chi connectivity index (χ0v) is 12.6. The van der Waals surface area contributed by atoms with Gasteiger partial charge in [-0.15, -0.1) is 0 Å². The van der Waals surface area contributed by atoms with Gasteiger partial charge in [-0.1, -0.05) is 0 Å². The predicted molar refractivity (Wildman–Crippen MR) is 79.3 cm³/mol. The number of amides is 1. The number of methoxy groups -OCH3 is 1. The number of nitrogens with one attached hydrogen (secondary N) is 1. The highest BCUT2D eigenvalue weighted by Crippen LogP contribution is 2.29. The summed E-state index contributed by atoms with van der Waals surface area (Å²) < 4.78 is 5.99. The Balaban J connectivity index is 1.97. The van der Waals surface area contributed by atoms with Crippen molar-refractivity contribution in [2.45, 2.75) is 31.7 Å². The van der Waals surface area contributed by atoms with Crippen molar-refractivity contribution >= 4 is 27.5 Å². The van der Waals surface area contributed by atoms with Crippen LogP contribution in [0.2, 0.25) is 0 Å². The molecule has 3 N–H and O–H groups in total. The number of carbonyl (C=O) groups is 1. The van der Waals surface area contributed by atoms with Gasteiger partial charge in [-0.2, -0.15) is 0 Å². The second-order valence-corrected chi connectivity index (χ2v) is 5.80. The molecule has 0 heterocycles. The minimum atomic E-state index is 0.0840. The third kappa shape index (κ3) is 3.70. The molecule has 1 aromatic rings. The van der Waals surface area contributed by atoms with Gasteiger partial charge in [0.25, 0.3) is 0 Å². The molecule has 0 spiro atoms. The van der Waals surface area contributed by atoms with Crippen LogP contribution in [0.4, 0.5) is 5.69 Å². The van der Waals surface area contributed by atoms with E-state index in [9.17, 15) is 4.79 Å². The standard InChI is InChI=1S/C14H19BrN2O2/c1-19-13-7-6-11(8-12(13)15)17-14(18)9-2-4-10(16)5-3-9/h6-10H,2-5,16H2,1H3,(H,17,18). The van der Waals surface area contributed by atoms with Crippen molar-refractivity contribution in [3.63, 3.8) is 0 Å². The average molecular weight is 327 g/mol. The van der Waals surface area contributed by atoms with E-state index in [1.807, 2.05) is 18.2 Å². The molecule has 1 aromatic carbocycles. The lowest BCUT2D eigenvalue weighted by atomic mass is 9.86. The first-order chi connectivity index (χ1) is 9.10. The summed E-state index contributed by atoms with van der Waals surface area (Å²) in [5.74, 6) is 0.922. The number of hydrogen-bond donors (Lipinski definition) is 2. The Morgan fingerprint density at radius 3 is 2.63 bits per heavy atom. The Bertz CT molecular complexity index is 457. The zero-order valence-electron chi connectivity index (χ0n) is 11.0. The summed E-state index contributed by atoms with van der Waals surface area (Å²) in [5.41, 5.74) is 6.63. The summed E-state index contributed by atoms with van der Waals surface area (Å²) in [4.78, 5) is 12.1. The minimum absolute atomic E-state index is 0.0840. The van der Waals surface area contributed by atoms with Gasteiger partial charge in [0.1, 0.15) is 5.75 Å². The monoisotopic (exact) mass is 326 g/mol. The van der Waals surface area contributed by atoms with Crippen molar-refractivity contribution in [3.8, 4) is 5.75 Å². The maximum Gasteiger partial charge on any atom is 0.227 e. The molecule has 0 atom stereocenters. The molecule has 4 nitrogen and oxygen atoms in total. The molecule has 0 aliphatic heterocycles. The third-order valence-electron chi connectivity index (χ3n) is 3.56. The fourth-order valence-corrected chi connectivity index (χ4v) is 2.91. The van der Waals surface area contributed by atoms with Crippen LogP contribution in [-0.2, 0) is 4.79 Å². The molecule has 1 aliphatic carbocycles. The Hall–Kier alpha value is -1.07. The normalized spacial score (nSPS) is 22.9. The van der Waals surface area contributed by atoms with E-state index in [1.54, 1.807) is 7.11 Å². The fourth-order valence-electron chi connectivity index (χ4n) is 2.37. The van der Waals surface area contributed by atoms with Crippen molar-refractivity contribution in [2.75, 3.05) is 12.4 Å². The van der Waals surface area contributed by atoms with Crippen LogP contribution in [0.3, 0.4) is 0 Å². The first kappa shape index (κ1) is 14.3. The predicted octanol–water partition coefficient (Wildman–Crippen LogP) is 2.91. The number of ether oxygens (including phenoxy) is 1. The molecule has 0 bridgehead atoms. The molecule has 0 radical (unpaired) electrons. The third-order valence-corrected chi connectivity index (χ3v) is 4.18. The lowest BCUT2D eigenvalue weighted by Gasteiger charge is -2.25. The van der Waals surface area contributed by atoms with Crippen LogP contribution in [0, 0.1) is 5.92 Å². The molecule has 1 aliphatic rings. The van der Waals surface area contributed by atoms with Crippen molar-refractivity contribution in [2.24, 2.45) is 11.7 Å². The molecule has 5 heteroatoms. The highest BCUT2D eigenvalue weighted by molar-refractivity contribution is 9.10. The van der Waals surface area contributed by atoms with E-state index in [4.69, 9.17) is 10.5 Å². The van der Waals surface area contributed by atoms with Crippen LogP contribution in [0.15, 0.2) is 22.7 Å². The highest BCUT2D eigenvalue weighted by Gasteiger charge is 2.24.